The number of nitrogens with two attached hydrogens (primary N) is 1. The molecule has 32 heavy (non-hydrogen) atoms. The van der Waals surface area contributed by atoms with E-state index < -0.39 is 6.03 Å². The molecule has 4 heterocycles. The first-order valence-corrected chi connectivity index (χ1v) is 10.1. The maximum absolute atomic E-state index is 13.1. The van der Waals surface area contributed by atoms with Crippen LogP contribution in [0.1, 0.15) is 18.0 Å². The van der Waals surface area contributed by atoms with Crippen LogP contribution in [0.5, 0.6) is 5.88 Å². The van der Waals surface area contributed by atoms with Crippen LogP contribution in [-0.2, 0) is 4.84 Å². The monoisotopic (exact) mass is 431 g/mol. The van der Waals surface area contributed by atoms with Gasteiger partial charge in [-0.25, -0.2) is 19.3 Å². The zero-order chi connectivity index (χ0) is 22.1. The number of methoxy groups -OCH3 is 1. The molecular weight excluding hydrogens is 410 g/mol. The first-order valence-electron chi connectivity index (χ1n) is 10.1. The lowest BCUT2D eigenvalue weighted by molar-refractivity contribution is -0.0830. The van der Waals surface area contributed by atoms with Gasteiger partial charge in [0, 0.05) is 18.2 Å². The number of nitrogens with zero attached hydrogens (tertiary/aromatic N) is 5. The molecule has 0 spiro atoms. The summed E-state index contributed by atoms with van der Waals surface area (Å²) in [6, 6.07) is 14.6. The van der Waals surface area contributed by atoms with Crippen molar-refractivity contribution in [1.82, 2.24) is 24.6 Å². The Bertz CT molecular complexity index is 1280. The highest BCUT2D eigenvalue weighted by atomic mass is 16.7. The van der Waals surface area contributed by atoms with Crippen molar-refractivity contribution in [1.29, 1.82) is 0 Å². The van der Waals surface area contributed by atoms with Crippen molar-refractivity contribution in [2.45, 2.75) is 12.5 Å². The number of carbonyl (C=O) groups excluding carboxylic acids is 1. The van der Waals surface area contributed by atoms with Crippen molar-refractivity contribution in [3.63, 3.8) is 0 Å². The fraction of sp³-hybridized carbons (Fsp3) is 0.182. The minimum absolute atomic E-state index is 0.172. The van der Waals surface area contributed by atoms with Crippen LogP contribution in [0.4, 0.5) is 16.3 Å². The summed E-state index contributed by atoms with van der Waals surface area (Å²) in [4.78, 5) is 27.2. The van der Waals surface area contributed by atoms with Gasteiger partial charge in [0.05, 0.1) is 31.6 Å². The summed E-state index contributed by atoms with van der Waals surface area (Å²) in [5, 5.41) is 8.74. The second-order valence-electron chi connectivity index (χ2n) is 7.27. The molecule has 162 valence electrons. The normalized spacial score (nSPS) is 15.8. The Kier molecular flexibility index (Phi) is 5.04. The van der Waals surface area contributed by atoms with Crippen molar-refractivity contribution in [3.05, 3.63) is 66.5 Å². The number of carbonyl (C=O) groups is 1. The van der Waals surface area contributed by atoms with Crippen LogP contribution in [-0.4, -0.2) is 44.4 Å². The topological polar surface area (TPSA) is 120 Å². The molecule has 1 saturated heterocycles. The average Bonchev–Trinajstić information content (AvgIpc) is 3.45. The molecule has 1 atom stereocenters. The standard InChI is InChI=1S/C22H21N7O3/c1-31-21-17(25-22(30)29-18(9-10-32-29)14-5-3-2-4-6-14)11-15(12-24-21)16-7-8-20-26-19(23)13-28(20)27-16/h2-8,11-13,18H,9-10,23H2,1H3,(H,25,30)/t18-/m0/s1. The molecule has 3 aromatic heterocycles. The van der Waals surface area contributed by atoms with E-state index >= 15 is 0 Å². The largest absolute Gasteiger partial charge is 0.480 e. The van der Waals surface area contributed by atoms with Crippen LogP contribution < -0.4 is 15.8 Å². The van der Waals surface area contributed by atoms with E-state index in [4.69, 9.17) is 15.3 Å². The maximum atomic E-state index is 13.1. The van der Waals surface area contributed by atoms with Crippen LogP contribution in [0.15, 0.2) is 60.9 Å². The van der Waals surface area contributed by atoms with E-state index in [1.54, 1.807) is 23.0 Å². The van der Waals surface area contributed by atoms with E-state index in [-0.39, 0.29) is 11.9 Å². The van der Waals surface area contributed by atoms with Crippen molar-refractivity contribution in [2.75, 3.05) is 24.8 Å². The van der Waals surface area contributed by atoms with Crippen LogP contribution in [0, 0.1) is 0 Å². The van der Waals surface area contributed by atoms with Gasteiger partial charge in [-0.15, -0.1) is 0 Å². The molecule has 0 saturated carbocycles. The smallest absolute Gasteiger partial charge is 0.346 e. The highest BCUT2D eigenvalue weighted by Crippen LogP contribution is 2.32. The number of fused-ring (bicyclic) bond motifs is 1. The Balaban J connectivity index is 1.43. The molecule has 2 amide bonds. The van der Waals surface area contributed by atoms with Gasteiger partial charge in [-0.3, -0.25) is 4.84 Å². The average molecular weight is 431 g/mol. The van der Waals surface area contributed by atoms with Gasteiger partial charge in [0.25, 0.3) is 0 Å². The van der Waals surface area contributed by atoms with E-state index in [1.165, 1.54) is 12.2 Å². The van der Waals surface area contributed by atoms with Crippen molar-refractivity contribution >= 4 is 23.2 Å². The number of rotatable bonds is 4. The van der Waals surface area contributed by atoms with E-state index in [1.807, 2.05) is 42.5 Å². The first-order chi connectivity index (χ1) is 15.6. The van der Waals surface area contributed by atoms with Gasteiger partial charge in [0.2, 0.25) is 5.88 Å². The molecule has 0 aliphatic carbocycles. The van der Waals surface area contributed by atoms with E-state index in [0.717, 1.165) is 5.56 Å². The summed E-state index contributed by atoms with van der Waals surface area (Å²) in [5.41, 5.74) is 9.13. The van der Waals surface area contributed by atoms with E-state index in [9.17, 15) is 4.79 Å². The molecule has 1 aliphatic rings. The molecule has 0 bridgehead atoms. The molecule has 10 nitrogen and oxygen atoms in total. The maximum Gasteiger partial charge on any atom is 0.346 e. The zero-order valence-corrected chi connectivity index (χ0v) is 17.3. The molecular formula is C22H21N7O3. The summed E-state index contributed by atoms with van der Waals surface area (Å²) in [6.45, 7) is 0.459. The van der Waals surface area contributed by atoms with Gasteiger partial charge in [0.15, 0.2) is 5.65 Å². The SMILES string of the molecule is COc1ncc(-c2ccc3nc(N)cn3n2)cc1NC(=O)N1OCC[C@H]1c1ccccc1. The lowest BCUT2D eigenvalue weighted by Gasteiger charge is -2.23. The van der Waals surface area contributed by atoms with Crippen LogP contribution in [0.3, 0.4) is 0 Å². The minimum Gasteiger partial charge on any atom is -0.480 e. The lowest BCUT2D eigenvalue weighted by atomic mass is 10.1. The number of aromatic nitrogens is 4. The number of amides is 2. The number of urea groups is 1. The molecule has 5 rings (SSSR count). The molecule has 3 N–H and O–H groups in total. The van der Waals surface area contributed by atoms with Gasteiger partial charge in [0.1, 0.15) is 11.5 Å². The predicted octanol–water partition coefficient (Wildman–Crippen LogP) is 3.29. The van der Waals surface area contributed by atoms with E-state index in [0.29, 0.717) is 41.4 Å². The fourth-order valence-electron chi connectivity index (χ4n) is 3.72. The second kappa shape index (κ2) is 8.16. The Morgan fingerprint density at radius 3 is 2.91 bits per heavy atom. The first kappa shape index (κ1) is 19.8. The molecule has 1 aliphatic heterocycles. The molecule has 1 aromatic carbocycles. The number of ether oxygens (including phenoxy) is 1. The lowest BCUT2D eigenvalue weighted by Crippen LogP contribution is -2.33. The number of hydrogen-bond acceptors (Lipinski definition) is 7. The van der Waals surface area contributed by atoms with Crippen molar-refractivity contribution < 1.29 is 14.4 Å². The zero-order valence-electron chi connectivity index (χ0n) is 17.3. The van der Waals surface area contributed by atoms with Crippen LogP contribution in [0.25, 0.3) is 16.9 Å². The fourth-order valence-corrected chi connectivity index (χ4v) is 3.72. The highest BCUT2D eigenvalue weighted by molar-refractivity contribution is 5.91. The quantitative estimate of drug-likeness (QED) is 0.509. The van der Waals surface area contributed by atoms with E-state index in [2.05, 4.69) is 20.4 Å². The van der Waals surface area contributed by atoms with Crippen LogP contribution in [0.2, 0.25) is 0 Å². The molecule has 10 heteroatoms. The number of anilines is 2. The second-order valence-corrected chi connectivity index (χ2v) is 7.27. The number of hydroxylamine groups is 2. The third-order valence-corrected chi connectivity index (χ3v) is 5.21. The third-order valence-electron chi connectivity index (χ3n) is 5.21. The van der Waals surface area contributed by atoms with Gasteiger partial charge in [-0.2, -0.15) is 10.2 Å². The number of hydrogen-bond donors (Lipinski definition) is 2. The highest BCUT2D eigenvalue weighted by Gasteiger charge is 2.32. The Morgan fingerprint density at radius 2 is 2.09 bits per heavy atom. The van der Waals surface area contributed by atoms with Crippen molar-refractivity contribution in [2.24, 2.45) is 0 Å². The summed E-state index contributed by atoms with van der Waals surface area (Å²) < 4.78 is 6.94. The summed E-state index contributed by atoms with van der Waals surface area (Å²) in [5.74, 6) is 0.666. The third kappa shape index (κ3) is 3.67. The van der Waals surface area contributed by atoms with Crippen LogP contribution >= 0.6 is 0 Å². The Morgan fingerprint density at radius 1 is 1.25 bits per heavy atom. The van der Waals surface area contributed by atoms with Gasteiger partial charge >= 0.3 is 6.03 Å². The Labute approximate surface area is 183 Å². The molecule has 0 radical (unpaired) electrons. The Hall–Kier alpha value is -4.18. The molecule has 1 fully saturated rings. The number of nitrogen functional groups attached to an aromatic ring is 1. The number of nitrogens with one attached hydrogen (secondary N) is 1. The number of imidazole rings is 1. The summed E-state index contributed by atoms with van der Waals surface area (Å²) in [7, 11) is 1.50. The minimum atomic E-state index is -0.403. The molecule has 0 unspecified atom stereocenters. The summed E-state index contributed by atoms with van der Waals surface area (Å²) >= 11 is 0. The van der Waals surface area contributed by atoms with Gasteiger partial charge in [-0.1, -0.05) is 30.3 Å². The van der Waals surface area contributed by atoms with Gasteiger partial charge in [-0.05, 0) is 23.8 Å². The van der Waals surface area contributed by atoms with Gasteiger partial charge < -0.3 is 15.8 Å². The molecule has 4 aromatic rings. The number of benzene rings is 1. The predicted molar refractivity (Wildman–Crippen MR) is 118 cm³/mol. The number of pyridine rings is 1. The van der Waals surface area contributed by atoms with Crippen molar-refractivity contribution in [3.8, 4) is 17.1 Å². The summed E-state index contributed by atoms with van der Waals surface area (Å²) in [6.07, 6.45) is 3.97.